The average molecular weight is 285 g/mol. The van der Waals surface area contributed by atoms with Crippen LogP contribution in [0.25, 0.3) is 0 Å². The van der Waals surface area contributed by atoms with Crippen LogP contribution in [0.15, 0.2) is 12.1 Å². The van der Waals surface area contributed by atoms with Crippen LogP contribution in [0.5, 0.6) is 0 Å². The van der Waals surface area contributed by atoms with E-state index < -0.39 is 0 Å². The summed E-state index contributed by atoms with van der Waals surface area (Å²) in [6.45, 7) is 10.4. The van der Waals surface area contributed by atoms with Crippen LogP contribution in [0.3, 0.4) is 0 Å². The van der Waals surface area contributed by atoms with Gasteiger partial charge in [-0.2, -0.15) is 0 Å². The van der Waals surface area contributed by atoms with Crippen molar-refractivity contribution in [1.29, 1.82) is 0 Å². The van der Waals surface area contributed by atoms with E-state index >= 15 is 0 Å². The zero-order valence-corrected chi connectivity index (χ0v) is 13.6. The summed E-state index contributed by atoms with van der Waals surface area (Å²) in [6, 6.07) is 4.39. The van der Waals surface area contributed by atoms with Gasteiger partial charge in [-0.3, -0.25) is 0 Å². The van der Waals surface area contributed by atoms with E-state index in [4.69, 9.17) is 9.84 Å². The van der Waals surface area contributed by atoms with Gasteiger partial charge >= 0.3 is 0 Å². The van der Waals surface area contributed by atoms with E-state index in [0.717, 1.165) is 6.54 Å². The quantitative estimate of drug-likeness (QED) is 0.809. The molecule has 1 atom stereocenters. The van der Waals surface area contributed by atoms with Gasteiger partial charge in [0, 0.05) is 35.6 Å². The molecule has 1 aromatic rings. The number of aliphatic hydroxyl groups is 1. The highest BCUT2D eigenvalue weighted by molar-refractivity contribution is 7.12. The molecule has 0 spiro atoms. The molecule has 3 nitrogen and oxygen atoms in total. The molecule has 1 aromatic heterocycles. The first-order chi connectivity index (χ1) is 8.80. The third-order valence-corrected chi connectivity index (χ3v) is 4.73. The Kier molecular flexibility index (Phi) is 5.99. The van der Waals surface area contributed by atoms with Gasteiger partial charge in [-0.15, -0.1) is 11.3 Å². The summed E-state index contributed by atoms with van der Waals surface area (Å²) in [6.07, 6.45) is 0.693. The topological polar surface area (TPSA) is 41.5 Å². The van der Waals surface area contributed by atoms with E-state index in [0.29, 0.717) is 13.0 Å². The van der Waals surface area contributed by atoms with Crippen LogP contribution in [-0.2, 0) is 16.7 Å². The molecule has 0 aromatic carbocycles. The third kappa shape index (κ3) is 5.22. The molecule has 0 fully saturated rings. The fourth-order valence-corrected chi connectivity index (χ4v) is 2.96. The van der Waals surface area contributed by atoms with Crippen molar-refractivity contribution in [3.8, 4) is 0 Å². The van der Waals surface area contributed by atoms with E-state index in [-0.39, 0.29) is 17.6 Å². The highest BCUT2D eigenvalue weighted by Gasteiger charge is 2.23. The average Bonchev–Trinajstić information content (AvgIpc) is 2.75. The molecule has 0 bridgehead atoms. The molecular weight excluding hydrogens is 258 g/mol. The van der Waals surface area contributed by atoms with Crippen molar-refractivity contribution in [2.45, 2.75) is 51.6 Å². The predicted molar refractivity (Wildman–Crippen MR) is 81.8 cm³/mol. The summed E-state index contributed by atoms with van der Waals surface area (Å²) in [4.78, 5) is 2.73. The van der Waals surface area contributed by atoms with Crippen LogP contribution < -0.4 is 5.32 Å². The number of aliphatic hydroxyl groups excluding tert-OH is 1. The maximum absolute atomic E-state index is 9.14. The molecule has 0 saturated carbocycles. The van der Waals surface area contributed by atoms with Crippen LogP contribution in [0.2, 0.25) is 0 Å². The van der Waals surface area contributed by atoms with Crippen molar-refractivity contribution in [2.24, 2.45) is 0 Å². The summed E-state index contributed by atoms with van der Waals surface area (Å²) in [5.41, 5.74) is 0.0409. The molecule has 0 aliphatic heterocycles. The van der Waals surface area contributed by atoms with Crippen molar-refractivity contribution in [3.63, 3.8) is 0 Å². The van der Waals surface area contributed by atoms with Crippen LogP contribution in [0.1, 0.15) is 43.9 Å². The summed E-state index contributed by atoms with van der Waals surface area (Å²) < 4.78 is 5.24. The number of hydrogen-bond donors (Lipinski definition) is 2. The monoisotopic (exact) mass is 285 g/mol. The number of thiophene rings is 1. The minimum atomic E-state index is -0.171. The van der Waals surface area contributed by atoms with Gasteiger partial charge in [0.2, 0.25) is 0 Å². The first kappa shape index (κ1) is 16.6. The predicted octanol–water partition coefficient (Wildman–Crippen LogP) is 2.92. The molecular formula is C15H27NO2S. The normalized spacial score (nSPS) is 15.5. The maximum Gasteiger partial charge on any atom is 0.0642 e. The highest BCUT2D eigenvalue weighted by Crippen LogP contribution is 2.29. The standard InChI is InChI=1S/C15H27NO2S/c1-14(2,3)13-7-6-12(19-13)10-16-15(4,8-9-17)11-18-5/h6-7,16-17H,8-11H2,1-5H3. The highest BCUT2D eigenvalue weighted by atomic mass is 32.1. The number of nitrogens with one attached hydrogen (secondary N) is 1. The third-order valence-electron chi connectivity index (χ3n) is 3.22. The van der Waals surface area contributed by atoms with Gasteiger partial charge in [-0.1, -0.05) is 20.8 Å². The largest absolute Gasteiger partial charge is 0.396 e. The first-order valence-electron chi connectivity index (χ1n) is 6.75. The van der Waals surface area contributed by atoms with Gasteiger partial charge < -0.3 is 15.2 Å². The molecule has 2 N–H and O–H groups in total. The van der Waals surface area contributed by atoms with Crippen LogP contribution >= 0.6 is 11.3 Å². The maximum atomic E-state index is 9.14. The molecule has 0 saturated heterocycles. The summed E-state index contributed by atoms with van der Waals surface area (Å²) in [5, 5.41) is 12.6. The summed E-state index contributed by atoms with van der Waals surface area (Å²) in [7, 11) is 1.69. The van der Waals surface area contributed by atoms with E-state index in [9.17, 15) is 0 Å². The molecule has 19 heavy (non-hydrogen) atoms. The first-order valence-corrected chi connectivity index (χ1v) is 7.56. The van der Waals surface area contributed by atoms with Crippen molar-refractivity contribution >= 4 is 11.3 Å². The van der Waals surface area contributed by atoms with E-state index in [1.165, 1.54) is 9.75 Å². The Morgan fingerprint density at radius 3 is 2.42 bits per heavy atom. The Hall–Kier alpha value is -0.420. The molecule has 0 radical (unpaired) electrons. The lowest BCUT2D eigenvalue weighted by molar-refractivity contribution is 0.0971. The van der Waals surface area contributed by atoms with Crippen molar-refractivity contribution in [3.05, 3.63) is 21.9 Å². The minimum absolute atomic E-state index is 0.171. The molecule has 110 valence electrons. The fourth-order valence-electron chi connectivity index (χ4n) is 1.95. The Bertz CT molecular complexity index is 376. The Balaban J connectivity index is 2.62. The number of rotatable bonds is 7. The molecule has 4 heteroatoms. The van der Waals surface area contributed by atoms with Crippen LogP contribution in [0, 0.1) is 0 Å². The molecule has 1 rings (SSSR count). The van der Waals surface area contributed by atoms with Crippen molar-refractivity contribution in [2.75, 3.05) is 20.3 Å². The Labute approximate surface area is 121 Å². The van der Waals surface area contributed by atoms with Gasteiger partial charge in [0.25, 0.3) is 0 Å². The zero-order valence-electron chi connectivity index (χ0n) is 12.7. The minimum Gasteiger partial charge on any atom is -0.396 e. The smallest absolute Gasteiger partial charge is 0.0642 e. The van der Waals surface area contributed by atoms with Gasteiger partial charge in [0.15, 0.2) is 0 Å². The van der Waals surface area contributed by atoms with Crippen molar-refractivity contribution in [1.82, 2.24) is 5.32 Å². The van der Waals surface area contributed by atoms with Gasteiger partial charge in [-0.25, -0.2) is 0 Å². The number of hydrogen-bond acceptors (Lipinski definition) is 4. The Morgan fingerprint density at radius 1 is 1.26 bits per heavy atom. The molecule has 0 aliphatic carbocycles. The Morgan fingerprint density at radius 2 is 1.95 bits per heavy atom. The fraction of sp³-hybridized carbons (Fsp3) is 0.733. The second-order valence-corrected chi connectivity index (χ2v) is 7.51. The van der Waals surface area contributed by atoms with Crippen molar-refractivity contribution < 1.29 is 9.84 Å². The van der Waals surface area contributed by atoms with E-state index in [1.54, 1.807) is 7.11 Å². The van der Waals surface area contributed by atoms with Crippen LogP contribution in [-0.4, -0.2) is 31.0 Å². The number of methoxy groups -OCH3 is 1. The SMILES string of the molecule is COCC(C)(CCO)NCc1ccc(C(C)(C)C)s1. The van der Waals surface area contributed by atoms with Gasteiger partial charge in [0.1, 0.15) is 0 Å². The number of ether oxygens (including phenoxy) is 1. The second kappa shape index (κ2) is 6.84. The van der Waals surface area contributed by atoms with Crippen LogP contribution in [0.4, 0.5) is 0 Å². The zero-order chi connectivity index (χ0) is 14.5. The summed E-state index contributed by atoms with van der Waals surface area (Å²) >= 11 is 1.85. The molecule has 0 amide bonds. The van der Waals surface area contributed by atoms with Gasteiger partial charge in [0.05, 0.1) is 6.61 Å². The molecule has 1 unspecified atom stereocenters. The summed E-state index contributed by atoms with van der Waals surface area (Å²) in [5.74, 6) is 0. The van der Waals surface area contributed by atoms with E-state index in [1.807, 2.05) is 11.3 Å². The lowest BCUT2D eigenvalue weighted by atomic mass is 9.95. The lowest BCUT2D eigenvalue weighted by Crippen LogP contribution is -2.46. The van der Waals surface area contributed by atoms with Gasteiger partial charge in [-0.05, 0) is 30.9 Å². The molecule has 0 aliphatic rings. The molecule has 1 heterocycles. The van der Waals surface area contributed by atoms with E-state index in [2.05, 4.69) is 45.1 Å². The lowest BCUT2D eigenvalue weighted by Gasteiger charge is -2.29. The second-order valence-electron chi connectivity index (χ2n) is 6.34.